The Morgan fingerprint density at radius 2 is 2.40 bits per heavy atom. The standard InChI is InChI=1S/C11H16O3S/c1-8-4-5-15-10(8)12-6-9-7-13-11(2,3)14-9/h4-5,9H,6-7H2,1-3H3. The second-order valence-electron chi connectivity index (χ2n) is 4.15. The molecule has 0 aromatic carbocycles. The predicted octanol–water partition coefficient (Wildman–Crippen LogP) is 2.59. The Morgan fingerprint density at radius 1 is 1.60 bits per heavy atom. The number of ether oxygens (including phenoxy) is 3. The topological polar surface area (TPSA) is 27.7 Å². The zero-order valence-electron chi connectivity index (χ0n) is 9.28. The third kappa shape index (κ3) is 2.71. The van der Waals surface area contributed by atoms with Crippen molar-refractivity contribution in [2.75, 3.05) is 13.2 Å². The van der Waals surface area contributed by atoms with Crippen LogP contribution < -0.4 is 4.74 Å². The van der Waals surface area contributed by atoms with Gasteiger partial charge in [0.1, 0.15) is 12.7 Å². The van der Waals surface area contributed by atoms with Crippen molar-refractivity contribution in [2.45, 2.75) is 32.7 Å². The summed E-state index contributed by atoms with van der Waals surface area (Å²) in [7, 11) is 0. The monoisotopic (exact) mass is 228 g/mol. The molecule has 4 heteroatoms. The van der Waals surface area contributed by atoms with Crippen LogP contribution in [0.5, 0.6) is 5.06 Å². The van der Waals surface area contributed by atoms with Gasteiger partial charge in [0.25, 0.3) is 0 Å². The number of rotatable bonds is 3. The van der Waals surface area contributed by atoms with Crippen LogP contribution in [0, 0.1) is 6.92 Å². The third-order valence-corrected chi connectivity index (χ3v) is 3.21. The Hall–Kier alpha value is -0.580. The predicted molar refractivity (Wildman–Crippen MR) is 59.5 cm³/mol. The van der Waals surface area contributed by atoms with Crippen LogP contribution in [-0.4, -0.2) is 25.1 Å². The Labute approximate surface area is 94.0 Å². The summed E-state index contributed by atoms with van der Waals surface area (Å²) in [6, 6.07) is 2.05. The summed E-state index contributed by atoms with van der Waals surface area (Å²) < 4.78 is 16.8. The molecule has 0 bridgehead atoms. The molecular formula is C11H16O3S. The van der Waals surface area contributed by atoms with E-state index in [1.165, 1.54) is 5.56 Å². The molecule has 15 heavy (non-hydrogen) atoms. The molecule has 2 rings (SSSR count). The summed E-state index contributed by atoms with van der Waals surface area (Å²) in [4.78, 5) is 0. The fourth-order valence-electron chi connectivity index (χ4n) is 1.52. The van der Waals surface area contributed by atoms with Crippen LogP contribution in [0.15, 0.2) is 11.4 Å². The van der Waals surface area contributed by atoms with Crippen molar-refractivity contribution < 1.29 is 14.2 Å². The van der Waals surface area contributed by atoms with Crippen molar-refractivity contribution in [1.82, 2.24) is 0 Å². The van der Waals surface area contributed by atoms with Gasteiger partial charge in [-0.15, -0.1) is 11.3 Å². The Morgan fingerprint density at radius 3 is 2.93 bits per heavy atom. The quantitative estimate of drug-likeness (QED) is 0.796. The smallest absolute Gasteiger partial charge is 0.176 e. The van der Waals surface area contributed by atoms with Crippen molar-refractivity contribution in [2.24, 2.45) is 0 Å². The van der Waals surface area contributed by atoms with Gasteiger partial charge in [0, 0.05) is 5.56 Å². The SMILES string of the molecule is Cc1ccsc1OCC1COC(C)(C)O1. The lowest BCUT2D eigenvalue weighted by Gasteiger charge is -2.17. The van der Waals surface area contributed by atoms with Crippen LogP contribution in [0.1, 0.15) is 19.4 Å². The van der Waals surface area contributed by atoms with Crippen molar-refractivity contribution in [3.63, 3.8) is 0 Å². The van der Waals surface area contributed by atoms with Crippen LogP contribution in [0.3, 0.4) is 0 Å². The van der Waals surface area contributed by atoms with Gasteiger partial charge < -0.3 is 14.2 Å². The fourth-order valence-corrected chi connectivity index (χ4v) is 2.31. The van der Waals surface area contributed by atoms with E-state index in [1.807, 2.05) is 26.2 Å². The Kier molecular flexibility index (Phi) is 3.00. The summed E-state index contributed by atoms with van der Waals surface area (Å²) in [6.07, 6.45) is 0.0431. The molecule has 0 spiro atoms. The minimum atomic E-state index is -0.460. The molecule has 1 aliphatic rings. The van der Waals surface area contributed by atoms with E-state index in [-0.39, 0.29) is 6.10 Å². The van der Waals surface area contributed by atoms with Gasteiger partial charge in [0.05, 0.1) is 6.61 Å². The molecule has 1 saturated heterocycles. The van der Waals surface area contributed by atoms with Gasteiger partial charge in [0.2, 0.25) is 0 Å². The largest absolute Gasteiger partial charge is 0.481 e. The highest BCUT2D eigenvalue weighted by atomic mass is 32.1. The van der Waals surface area contributed by atoms with E-state index < -0.39 is 5.79 Å². The molecule has 1 aromatic heterocycles. The number of hydrogen-bond acceptors (Lipinski definition) is 4. The van der Waals surface area contributed by atoms with Crippen LogP contribution in [0.4, 0.5) is 0 Å². The first kappa shape index (κ1) is 10.9. The first-order chi connectivity index (χ1) is 7.07. The summed E-state index contributed by atoms with van der Waals surface area (Å²) in [6.45, 7) is 7.05. The number of hydrogen-bond donors (Lipinski definition) is 0. The lowest BCUT2D eigenvalue weighted by molar-refractivity contribution is -0.141. The fraction of sp³-hybridized carbons (Fsp3) is 0.636. The lowest BCUT2D eigenvalue weighted by atomic mass is 10.4. The van der Waals surface area contributed by atoms with Gasteiger partial charge in [-0.2, -0.15) is 0 Å². The second-order valence-corrected chi connectivity index (χ2v) is 5.03. The van der Waals surface area contributed by atoms with E-state index in [2.05, 4.69) is 6.07 Å². The molecule has 1 fully saturated rings. The first-order valence-electron chi connectivity index (χ1n) is 5.05. The Bertz CT molecular complexity index is 332. The van der Waals surface area contributed by atoms with Crippen molar-refractivity contribution >= 4 is 11.3 Å². The highest BCUT2D eigenvalue weighted by Crippen LogP contribution is 2.27. The molecule has 0 aliphatic carbocycles. The average Bonchev–Trinajstić information content (AvgIpc) is 2.69. The summed E-state index contributed by atoms with van der Waals surface area (Å²) >= 11 is 1.61. The second kappa shape index (κ2) is 4.12. The van der Waals surface area contributed by atoms with E-state index in [9.17, 15) is 0 Å². The van der Waals surface area contributed by atoms with Crippen molar-refractivity contribution in [3.05, 3.63) is 17.0 Å². The van der Waals surface area contributed by atoms with Gasteiger partial charge in [-0.1, -0.05) is 0 Å². The molecule has 0 N–H and O–H groups in total. The van der Waals surface area contributed by atoms with Gasteiger partial charge in [-0.25, -0.2) is 0 Å². The molecule has 3 nitrogen and oxygen atoms in total. The maximum Gasteiger partial charge on any atom is 0.176 e. The number of aryl methyl sites for hydroxylation is 1. The minimum absolute atomic E-state index is 0.0431. The lowest BCUT2D eigenvalue weighted by Crippen LogP contribution is -2.25. The normalized spacial score (nSPS) is 24.3. The molecule has 0 radical (unpaired) electrons. The van der Waals surface area contributed by atoms with Crippen LogP contribution in [-0.2, 0) is 9.47 Å². The van der Waals surface area contributed by atoms with E-state index in [1.54, 1.807) is 11.3 Å². The molecule has 1 unspecified atom stereocenters. The zero-order valence-corrected chi connectivity index (χ0v) is 10.1. The highest BCUT2D eigenvalue weighted by Gasteiger charge is 2.33. The van der Waals surface area contributed by atoms with Gasteiger partial charge >= 0.3 is 0 Å². The molecule has 2 heterocycles. The average molecular weight is 228 g/mol. The molecule has 1 aliphatic heterocycles. The molecule has 1 atom stereocenters. The zero-order chi connectivity index (χ0) is 10.9. The summed E-state index contributed by atoms with van der Waals surface area (Å²) in [5.74, 6) is -0.460. The van der Waals surface area contributed by atoms with Crippen LogP contribution in [0.2, 0.25) is 0 Å². The highest BCUT2D eigenvalue weighted by molar-refractivity contribution is 7.12. The first-order valence-corrected chi connectivity index (χ1v) is 5.93. The van der Waals surface area contributed by atoms with Crippen LogP contribution in [0.25, 0.3) is 0 Å². The van der Waals surface area contributed by atoms with Crippen molar-refractivity contribution in [1.29, 1.82) is 0 Å². The molecule has 0 saturated carbocycles. The minimum Gasteiger partial charge on any atom is -0.481 e. The maximum atomic E-state index is 5.67. The van der Waals surface area contributed by atoms with E-state index in [0.717, 1.165) is 5.06 Å². The third-order valence-electron chi connectivity index (χ3n) is 2.28. The van der Waals surface area contributed by atoms with Crippen LogP contribution >= 0.6 is 11.3 Å². The molecular weight excluding hydrogens is 212 g/mol. The summed E-state index contributed by atoms with van der Waals surface area (Å²) in [5.41, 5.74) is 1.18. The molecule has 0 amide bonds. The summed E-state index contributed by atoms with van der Waals surface area (Å²) in [5, 5.41) is 3.00. The Balaban J connectivity index is 1.83. The number of thiophene rings is 1. The van der Waals surface area contributed by atoms with E-state index in [0.29, 0.717) is 13.2 Å². The van der Waals surface area contributed by atoms with E-state index in [4.69, 9.17) is 14.2 Å². The molecule has 84 valence electrons. The van der Waals surface area contributed by atoms with Crippen molar-refractivity contribution in [3.8, 4) is 5.06 Å². The molecule has 1 aromatic rings. The van der Waals surface area contributed by atoms with Gasteiger partial charge in [-0.05, 0) is 32.2 Å². The maximum absolute atomic E-state index is 5.67. The van der Waals surface area contributed by atoms with Gasteiger partial charge in [0.15, 0.2) is 10.9 Å². The van der Waals surface area contributed by atoms with E-state index >= 15 is 0 Å². The van der Waals surface area contributed by atoms with Gasteiger partial charge in [-0.3, -0.25) is 0 Å².